The van der Waals surface area contributed by atoms with Gasteiger partial charge < -0.3 is 10.6 Å². The Kier molecular flexibility index (Phi) is 4.41. The second-order valence-electron chi connectivity index (χ2n) is 4.77. The standard InChI is InChI=1S/C13H18N6O/c1-9(2)14-8-13(20)15-11-5-4-6-12(7-11)19-10(3)16-17-18-19/h4-7,9,14H,8H2,1-3H3,(H,15,20). The molecule has 1 amide bonds. The lowest BCUT2D eigenvalue weighted by Gasteiger charge is -2.10. The molecule has 1 heterocycles. The minimum Gasteiger partial charge on any atom is -0.325 e. The van der Waals surface area contributed by atoms with E-state index in [4.69, 9.17) is 0 Å². The summed E-state index contributed by atoms with van der Waals surface area (Å²) in [5, 5.41) is 17.2. The Morgan fingerprint density at radius 1 is 1.40 bits per heavy atom. The number of benzene rings is 1. The molecule has 0 fully saturated rings. The van der Waals surface area contributed by atoms with E-state index in [2.05, 4.69) is 26.2 Å². The number of hydrogen-bond acceptors (Lipinski definition) is 5. The number of amides is 1. The zero-order chi connectivity index (χ0) is 14.5. The van der Waals surface area contributed by atoms with Crippen molar-refractivity contribution in [2.45, 2.75) is 26.8 Å². The van der Waals surface area contributed by atoms with Gasteiger partial charge in [0, 0.05) is 11.7 Å². The molecule has 2 rings (SSSR count). The predicted molar refractivity (Wildman–Crippen MR) is 75.7 cm³/mol. The number of nitrogens with zero attached hydrogens (tertiary/aromatic N) is 4. The highest BCUT2D eigenvalue weighted by molar-refractivity contribution is 5.92. The van der Waals surface area contributed by atoms with Gasteiger partial charge in [-0.3, -0.25) is 4.79 Å². The summed E-state index contributed by atoms with van der Waals surface area (Å²) < 4.78 is 1.61. The summed E-state index contributed by atoms with van der Waals surface area (Å²) in [6.45, 7) is 6.09. The van der Waals surface area contributed by atoms with Crippen LogP contribution in [0.2, 0.25) is 0 Å². The van der Waals surface area contributed by atoms with E-state index in [1.807, 2.05) is 45.0 Å². The van der Waals surface area contributed by atoms with Crippen LogP contribution in [-0.4, -0.2) is 38.7 Å². The molecule has 0 aliphatic heterocycles. The molecule has 1 aromatic heterocycles. The maximum Gasteiger partial charge on any atom is 0.238 e. The molecule has 0 saturated heterocycles. The Balaban J connectivity index is 2.07. The number of nitrogens with one attached hydrogen (secondary N) is 2. The number of rotatable bonds is 5. The van der Waals surface area contributed by atoms with Crippen LogP contribution in [0.5, 0.6) is 0 Å². The quantitative estimate of drug-likeness (QED) is 0.846. The van der Waals surface area contributed by atoms with Crippen molar-refractivity contribution in [1.82, 2.24) is 25.5 Å². The monoisotopic (exact) mass is 274 g/mol. The molecule has 0 bridgehead atoms. The van der Waals surface area contributed by atoms with Gasteiger partial charge in [-0.1, -0.05) is 19.9 Å². The van der Waals surface area contributed by atoms with Crippen LogP contribution in [0.25, 0.3) is 5.69 Å². The summed E-state index contributed by atoms with van der Waals surface area (Å²) in [7, 11) is 0. The average Bonchev–Trinajstić information content (AvgIpc) is 2.83. The molecule has 1 aromatic carbocycles. The third-order valence-corrected chi connectivity index (χ3v) is 2.67. The number of aryl methyl sites for hydroxylation is 1. The van der Waals surface area contributed by atoms with E-state index in [1.54, 1.807) is 4.68 Å². The van der Waals surface area contributed by atoms with Crippen molar-refractivity contribution in [1.29, 1.82) is 0 Å². The van der Waals surface area contributed by atoms with Gasteiger partial charge in [-0.05, 0) is 35.5 Å². The largest absolute Gasteiger partial charge is 0.325 e. The van der Waals surface area contributed by atoms with Crippen LogP contribution < -0.4 is 10.6 Å². The van der Waals surface area contributed by atoms with Crippen molar-refractivity contribution in [3.05, 3.63) is 30.1 Å². The highest BCUT2D eigenvalue weighted by Crippen LogP contribution is 2.14. The van der Waals surface area contributed by atoms with Crippen molar-refractivity contribution in [2.75, 3.05) is 11.9 Å². The van der Waals surface area contributed by atoms with Crippen LogP contribution in [-0.2, 0) is 4.79 Å². The predicted octanol–water partition coefficient (Wildman–Crippen LogP) is 0.907. The van der Waals surface area contributed by atoms with E-state index in [0.717, 1.165) is 5.69 Å². The van der Waals surface area contributed by atoms with E-state index in [0.29, 0.717) is 11.5 Å². The van der Waals surface area contributed by atoms with Crippen LogP contribution in [0.15, 0.2) is 24.3 Å². The summed E-state index contributed by atoms with van der Waals surface area (Å²) in [6.07, 6.45) is 0. The highest BCUT2D eigenvalue weighted by atomic mass is 16.1. The van der Waals surface area contributed by atoms with E-state index in [1.165, 1.54) is 0 Å². The Morgan fingerprint density at radius 3 is 2.85 bits per heavy atom. The van der Waals surface area contributed by atoms with Crippen LogP contribution in [0.1, 0.15) is 19.7 Å². The normalized spacial score (nSPS) is 10.8. The SMILES string of the molecule is Cc1nnnn1-c1cccc(NC(=O)CNC(C)C)c1. The van der Waals surface area contributed by atoms with Crippen molar-refractivity contribution in [3.8, 4) is 5.69 Å². The van der Waals surface area contributed by atoms with Crippen molar-refractivity contribution < 1.29 is 4.79 Å². The van der Waals surface area contributed by atoms with E-state index in [9.17, 15) is 4.79 Å². The van der Waals surface area contributed by atoms with Gasteiger partial charge in [0.05, 0.1) is 12.2 Å². The minimum absolute atomic E-state index is 0.0794. The fourth-order valence-corrected chi connectivity index (χ4v) is 1.69. The number of anilines is 1. The second kappa shape index (κ2) is 6.25. The molecule has 0 unspecified atom stereocenters. The Bertz CT molecular complexity index is 592. The first-order chi connectivity index (χ1) is 9.56. The van der Waals surface area contributed by atoms with Crippen LogP contribution in [0, 0.1) is 6.92 Å². The van der Waals surface area contributed by atoms with Crippen LogP contribution in [0.4, 0.5) is 5.69 Å². The topological polar surface area (TPSA) is 84.7 Å². The Hall–Kier alpha value is -2.28. The molecule has 2 N–H and O–H groups in total. The number of tetrazole rings is 1. The third kappa shape index (κ3) is 3.61. The molecule has 0 atom stereocenters. The van der Waals surface area contributed by atoms with Gasteiger partial charge in [0.25, 0.3) is 0 Å². The van der Waals surface area contributed by atoms with Gasteiger partial charge >= 0.3 is 0 Å². The van der Waals surface area contributed by atoms with E-state index >= 15 is 0 Å². The van der Waals surface area contributed by atoms with Gasteiger partial charge in [-0.25, -0.2) is 0 Å². The Labute approximate surface area is 117 Å². The number of carbonyl (C=O) groups is 1. The molecule has 0 aliphatic rings. The average molecular weight is 274 g/mol. The molecule has 20 heavy (non-hydrogen) atoms. The molecule has 2 aromatic rings. The van der Waals surface area contributed by atoms with Gasteiger partial charge in [0.2, 0.25) is 5.91 Å². The van der Waals surface area contributed by atoms with Gasteiger partial charge in [-0.15, -0.1) is 5.10 Å². The maximum atomic E-state index is 11.8. The lowest BCUT2D eigenvalue weighted by atomic mass is 10.2. The van der Waals surface area contributed by atoms with Crippen molar-refractivity contribution >= 4 is 11.6 Å². The lowest BCUT2D eigenvalue weighted by molar-refractivity contribution is -0.115. The Morgan fingerprint density at radius 2 is 2.20 bits per heavy atom. The third-order valence-electron chi connectivity index (χ3n) is 2.67. The zero-order valence-corrected chi connectivity index (χ0v) is 11.8. The summed E-state index contributed by atoms with van der Waals surface area (Å²) in [5.74, 6) is 0.610. The van der Waals surface area contributed by atoms with E-state index in [-0.39, 0.29) is 18.5 Å². The van der Waals surface area contributed by atoms with Crippen molar-refractivity contribution in [3.63, 3.8) is 0 Å². The fourth-order valence-electron chi connectivity index (χ4n) is 1.69. The summed E-state index contributed by atoms with van der Waals surface area (Å²) >= 11 is 0. The number of carbonyl (C=O) groups excluding carboxylic acids is 1. The van der Waals surface area contributed by atoms with Gasteiger partial charge in [-0.2, -0.15) is 4.68 Å². The second-order valence-corrected chi connectivity index (χ2v) is 4.77. The number of hydrogen-bond donors (Lipinski definition) is 2. The van der Waals surface area contributed by atoms with Gasteiger partial charge in [0.15, 0.2) is 5.82 Å². The van der Waals surface area contributed by atoms with Crippen molar-refractivity contribution in [2.24, 2.45) is 0 Å². The van der Waals surface area contributed by atoms with Gasteiger partial charge in [0.1, 0.15) is 0 Å². The molecule has 0 aliphatic carbocycles. The first-order valence-electron chi connectivity index (χ1n) is 6.45. The highest BCUT2D eigenvalue weighted by Gasteiger charge is 2.06. The van der Waals surface area contributed by atoms with Crippen LogP contribution in [0.3, 0.4) is 0 Å². The fraction of sp³-hybridized carbons (Fsp3) is 0.385. The molecule has 7 nitrogen and oxygen atoms in total. The molecule has 106 valence electrons. The molecule has 7 heteroatoms. The molecule has 0 spiro atoms. The summed E-state index contributed by atoms with van der Waals surface area (Å²) in [5.41, 5.74) is 1.52. The first-order valence-corrected chi connectivity index (χ1v) is 6.45. The zero-order valence-electron chi connectivity index (χ0n) is 11.8. The lowest BCUT2D eigenvalue weighted by Crippen LogP contribution is -2.32. The summed E-state index contributed by atoms with van der Waals surface area (Å²) in [4.78, 5) is 11.8. The smallest absolute Gasteiger partial charge is 0.238 e. The van der Waals surface area contributed by atoms with Crippen LogP contribution >= 0.6 is 0 Å². The summed E-state index contributed by atoms with van der Waals surface area (Å²) in [6, 6.07) is 7.66. The van der Waals surface area contributed by atoms with E-state index < -0.39 is 0 Å². The molecular weight excluding hydrogens is 256 g/mol. The minimum atomic E-state index is -0.0794. The maximum absolute atomic E-state index is 11.8. The first kappa shape index (κ1) is 14.1. The molecule has 0 saturated carbocycles. The number of aromatic nitrogens is 4. The molecule has 0 radical (unpaired) electrons. The molecular formula is C13H18N6O.